The van der Waals surface area contributed by atoms with E-state index in [1.807, 2.05) is 0 Å². The molecule has 94 valence electrons. The van der Waals surface area contributed by atoms with Gasteiger partial charge in [-0.05, 0) is 0 Å². The summed E-state index contributed by atoms with van der Waals surface area (Å²) in [4.78, 5) is 11.6. The molecule has 1 rings (SSSR count). The molecule has 1 aromatic carbocycles. The summed E-state index contributed by atoms with van der Waals surface area (Å²) in [6, 6.07) is 8.15. The van der Waals surface area contributed by atoms with Crippen LogP contribution in [0.15, 0.2) is 30.3 Å². The minimum atomic E-state index is -3.20. The second-order valence-electron chi connectivity index (χ2n) is 4.02. The van der Waals surface area contributed by atoms with Crippen molar-refractivity contribution in [2.45, 2.75) is 38.2 Å². The highest BCUT2D eigenvalue weighted by atomic mass is 19.3. The lowest BCUT2D eigenvalue weighted by Gasteiger charge is -2.21. The lowest BCUT2D eigenvalue weighted by molar-refractivity contribution is -0.112. The second-order valence-corrected chi connectivity index (χ2v) is 4.02. The van der Waals surface area contributed by atoms with E-state index >= 15 is 0 Å². The van der Waals surface area contributed by atoms with E-state index in [0.717, 1.165) is 0 Å². The molecule has 0 spiro atoms. The van der Waals surface area contributed by atoms with Gasteiger partial charge in [-0.3, -0.25) is 4.79 Å². The Labute approximate surface area is 99.3 Å². The Morgan fingerprint density at radius 1 is 1.35 bits per heavy atom. The Morgan fingerprint density at radius 2 is 1.94 bits per heavy atom. The number of alkyl halides is 2. The van der Waals surface area contributed by atoms with Gasteiger partial charge in [0.2, 0.25) is 0 Å². The molecule has 1 aromatic rings. The Bertz CT molecular complexity index is 363. The minimum Gasteiger partial charge on any atom is -0.386 e. The van der Waals surface area contributed by atoms with Gasteiger partial charge in [-0.25, -0.2) is 8.78 Å². The smallest absolute Gasteiger partial charge is 0.273 e. The van der Waals surface area contributed by atoms with Crippen LogP contribution in [0.25, 0.3) is 0 Å². The average Bonchev–Trinajstić information content (AvgIpc) is 2.30. The quantitative estimate of drug-likeness (QED) is 0.778. The summed E-state index contributed by atoms with van der Waals surface area (Å²) < 4.78 is 26.6. The summed E-state index contributed by atoms with van der Waals surface area (Å²) in [5.74, 6) is -3.66. The van der Waals surface area contributed by atoms with E-state index in [-0.39, 0.29) is 6.42 Å². The van der Waals surface area contributed by atoms with Crippen LogP contribution >= 0.6 is 0 Å². The maximum atomic E-state index is 13.3. The molecule has 1 atom stereocenters. The fourth-order valence-electron chi connectivity index (χ4n) is 1.57. The first-order chi connectivity index (χ1) is 7.97. The molecule has 0 radical (unpaired) electrons. The Kier molecular flexibility index (Phi) is 4.75. The number of carbonyl (C=O) groups excluding carboxylic acids is 1. The number of Topliss-reactive ketones (excluding diaryl/α,β-unsaturated/α-hetero) is 1. The van der Waals surface area contributed by atoms with E-state index in [2.05, 4.69) is 0 Å². The monoisotopic (exact) mass is 242 g/mol. The van der Waals surface area contributed by atoms with E-state index in [0.29, 0.717) is 5.56 Å². The highest BCUT2D eigenvalue weighted by molar-refractivity contribution is 5.96. The zero-order valence-electron chi connectivity index (χ0n) is 9.70. The van der Waals surface area contributed by atoms with Gasteiger partial charge >= 0.3 is 0 Å². The molecule has 0 aliphatic heterocycles. The molecule has 0 aromatic heterocycles. The zero-order chi connectivity index (χ0) is 12.9. The minimum absolute atomic E-state index is 0.267. The van der Waals surface area contributed by atoms with Crippen LogP contribution in [-0.2, 0) is 0 Å². The summed E-state index contributed by atoms with van der Waals surface area (Å²) >= 11 is 0. The summed E-state index contributed by atoms with van der Waals surface area (Å²) in [7, 11) is 0. The first-order valence-corrected chi connectivity index (χ1v) is 5.61. The van der Waals surface area contributed by atoms with Crippen molar-refractivity contribution in [1.29, 1.82) is 0 Å². The number of hydrogen-bond donors (Lipinski definition) is 1. The van der Waals surface area contributed by atoms with E-state index < -0.39 is 30.7 Å². The normalized spacial score (nSPS) is 13.4. The molecule has 1 unspecified atom stereocenters. The summed E-state index contributed by atoms with van der Waals surface area (Å²) in [5.41, 5.74) is 0.346. The number of hydrogen-bond acceptors (Lipinski definition) is 2. The third kappa shape index (κ3) is 3.89. The van der Waals surface area contributed by atoms with Crippen LogP contribution in [-0.4, -0.2) is 22.9 Å². The van der Waals surface area contributed by atoms with Crippen LogP contribution in [0, 0.1) is 0 Å². The number of aliphatic hydroxyl groups is 1. The van der Waals surface area contributed by atoms with Gasteiger partial charge in [-0.1, -0.05) is 43.7 Å². The standard InChI is InChI=1S/C13H16F2O2/c1-2-8-13(14,15)12(17)9-11(16)10-6-4-3-5-7-10/h3-7,12,17H,2,8-9H2,1H3. The van der Waals surface area contributed by atoms with Crippen molar-refractivity contribution in [2.75, 3.05) is 0 Å². The van der Waals surface area contributed by atoms with Crippen LogP contribution in [0.4, 0.5) is 8.78 Å². The van der Waals surface area contributed by atoms with Crippen LogP contribution < -0.4 is 0 Å². The Balaban J connectivity index is 2.63. The predicted molar refractivity (Wildman–Crippen MR) is 61.3 cm³/mol. The molecule has 1 N–H and O–H groups in total. The summed E-state index contributed by atoms with van der Waals surface area (Å²) in [6.07, 6.45) is -2.59. The van der Waals surface area contributed by atoms with Gasteiger partial charge in [-0.2, -0.15) is 0 Å². The van der Waals surface area contributed by atoms with Crippen LogP contribution in [0.2, 0.25) is 0 Å². The third-order valence-corrected chi connectivity index (χ3v) is 2.55. The van der Waals surface area contributed by atoms with Gasteiger partial charge in [0.1, 0.15) is 6.10 Å². The number of carbonyl (C=O) groups is 1. The first-order valence-electron chi connectivity index (χ1n) is 5.61. The second kappa shape index (κ2) is 5.87. The van der Waals surface area contributed by atoms with Crippen molar-refractivity contribution < 1.29 is 18.7 Å². The topological polar surface area (TPSA) is 37.3 Å². The van der Waals surface area contributed by atoms with Crippen LogP contribution in [0.1, 0.15) is 36.5 Å². The van der Waals surface area contributed by atoms with Crippen molar-refractivity contribution in [2.24, 2.45) is 0 Å². The number of benzene rings is 1. The lowest BCUT2D eigenvalue weighted by Crippen LogP contribution is -2.35. The zero-order valence-corrected chi connectivity index (χ0v) is 9.70. The van der Waals surface area contributed by atoms with E-state index in [1.54, 1.807) is 37.3 Å². The molecule has 0 aliphatic rings. The molecule has 0 bridgehead atoms. The average molecular weight is 242 g/mol. The summed E-state index contributed by atoms with van der Waals surface area (Å²) in [5, 5.41) is 9.37. The van der Waals surface area contributed by atoms with Crippen LogP contribution in [0.3, 0.4) is 0 Å². The Hall–Kier alpha value is -1.29. The molecule has 0 heterocycles. The van der Waals surface area contributed by atoms with E-state index in [1.165, 1.54) is 0 Å². The Morgan fingerprint density at radius 3 is 2.47 bits per heavy atom. The fraction of sp³-hybridized carbons (Fsp3) is 0.462. The van der Waals surface area contributed by atoms with Crippen molar-refractivity contribution in [3.8, 4) is 0 Å². The van der Waals surface area contributed by atoms with Crippen molar-refractivity contribution in [3.63, 3.8) is 0 Å². The van der Waals surface area contributed by atoms with Gasteiger partial charge in [0.15, 0.2) is 5.78 Å². The lowest BCUT2D eigenvalue weighted by atomic mass is 9.99. The van der Waals surface area contributed by atoms with E-state index in [4.69, 9.17) is 0 Å². The molecule has 2 nitrogen and oxygen atoms in total. The molecule has 0 fully saturated rings. The SMILES string of the molecule is CCCC(F)(F)C(O)CC(=O)c1ccccc1. The number of halogens is 2. The molecule has 0 saturated carbocycles. The molecular weight excluding hydrogens is 226 g/mol. The van der Waals surface area contributed by atoms with Gasteiger partial charge in [-0.15, -0.1) is 0 Å². The van der Waals surface area contributed by atoms with Gasteiger partial charge in [0, 0.05) is 18.4 Å². The maximum absolute atomic E-state index is 13.3. The van der Waals surface area contributed by atoms with Crippen LogP contribution in [0.5, 0.6) is 0 Å². The highest BCUT2D eigenvalue weighted by Gasteiger charge is 2.38. The van der Waals surface area contributed by atoms with Crippen molar-refractivity contribution in [1.82, 2.24) is 0 Å². The first kappa shape index (κ1) is 13.8. The molecular formula is C13H16F2O2. The van der Waals surface area contributed by atoms with E-state index in [9.17, 15) is 18.7 Å². The number of ketones is 1. The highest BCUT2D eigenvalue weighted by Crippen LogP contribution is 2.27. The third-order valence-electron chi connectivity index (χ3n) is 2.55. The fourth-order valence-corrected chi connectivity index (χ4v) is 1.57. The molecule has 4 heteroatoms. The van der Waals surface area contributed by atoms with Gasteiger partial charge in [0.25, 0.3) is 5.92 Å². The predicted octanol–water partition coefficient (Wildman–Crippen LogP) is 3.06. The van der Waals surface area contributed by atoms with Gasteiger partial charge < -0.3 is 5.11 Å². The largest absolute Gasteiger partial charge is 0.386 e. The maximum Gasteiger partial charge on any atom is 0.273 e. The molecule has 0 amide bonds. The number of rotatable bonds is 6. The summed E-state index contributed by atoms with van der Waals surface area (Å²) in [6.45, 7) is 1.61. The number of aliphatic hydroxyl groups excluding tert-OH is 1. The van der Waals surface area contributed by atoms with Crippen molar-refractivity contribution >= 4 is 5.78 Å². The molecule has 0 saturated heterocycles. The molecule has 17 heavy (non-hydrogen) atoms. The molecule has 0 aliphatic carbocycles. The van der Waals surface area contributed by atoms with Crippen molar-refractivity contribution in [3.05, 3.63) is 35.9 Å². The van der Waals surface area contributed by atoms with Gasteiger partial charge in [0.05, 0.1) is 0 Å².